The van der Waals surface area contributed by atoms with E-state index in [1.165, 1.54) is 33.3 Å². The summed E-state index contributed by atoms with van der Waals surface area (Å²) in [7, 11) is 2.61. The number of ether oxygens (including phenoxy) is 2. The molecule has 7 nitrogen and oxygen atoms in total. The molecule has 1 fully saturated rings. The molecule has 2 rings (SSSR count). The first-order valence-electron chi connectivity index (χ1n) is 6.61. The molecule has 1 heterocycles. The smallest absolute Gasteiger partial charge is 0.328 e. The van der Waals surface area contributed by atoms with Gasteiger partial charge in [-0.1, -0.05) is 6.07 Å². The number of aromatic hydroxyl groups is 1. The summed E-state index contributed by atoms with van der Waals surface area (Å²) in [5.41, 5.74) is 0.527. The van der Waals surface area contributed by atoms with Crippen molar-refractivity contribution in [3.8, 4) is 11.5 Å². The highest BCUT2D eigenvalue weighted by Gasteiger charge is 2.41. The molecular formula is C15H15NO6S. The number of carbonyl (C=O) groups is 3. The SMILES string of the molecule is COC(=O)C(C)N1C(=O)SC(=Cc2ccc(OC)c(O)c2)C1=O. The lowest BCUT2D eigenvalue weighted by Gasteiger charge is -2.18. The number of imide groups is 1. The van der Waals surface area contributed by atoms with E-state index in [1.807, 2.05) is 0 Å². The van der Waals surface area contributed by atoms with Crippen molar-refractivity contribution in [2.24, 2.45) is 0 Å². The fourth-order valence-electron chi connectivity index (χ4n) is 2.04. The van der Waals surface area contributed by atoms with Crippen LogP contribution >= 0.6 is 11.8 Å². The van der Waals surface area contributed by atoms with Gasteiger partial charge >= 0.3 is 5.97 Å². The highest BCUT2D eigenvalue weighted by atomic mass is 32.2. The van der Waals surface area contributed by atoms with Crippen molar-refractivity contribution in [2.45, 2.75) is 13.0 Å². The number of hydrogen-bond donors (Lipinski definition) is 1. The van der Waals surface area contributed by atoms with E-state index in [2.05, 4.69) is 4.74 Å². The molecule has 2 amide bonds. The van der Waals surface area contributed by atoms with Gasteiger partial charge in [0.15, 0.2) is 11.5 Å². The molecule has 8 heteroatoms. The topological polar surface area (TPSA) is 93.1 Å². The fourth-order valence-corrected chi connectivity index (χ4v) is 2.95. The zero-order valence-corrected chi connectivity index (χ0v) is 13.5. The van der Waals surface area contributed by atoms with Crippen molar-refractivity contribution in [2.75, 3.05) is 14.2 Å². The van der Waals surface area contributed by atoms with Crippen LogP contribution in [0.3, 0.4) is 0 Å². The minimum Gasteiger partial charge on any atom is -0.504 e. The summed E-state index contributed by atoms with van der Waals surface area (Å²) < 4.78 is 9.49. The molecule has 122 valence electrons. The summed E-state index contributed by atoms with van der Waals surface area (Å²) >= 11 is 0.727. The average Bonchev–Trinajstić information content (AvgIpc) is 2.80. The zero-order valence-electron chi connectivity index (χ0n) is 12.7. The Bertz CT molecular complexity index is 699. The van der Waals surface area contributed by atoms with Gasteiger partial charge in [0.05, 0.1) is 19.1 Å². The summed E-state index contributed by atoms with van der Waals surface area (Å²) in [4.78, 5) is 36.8. The van der Waals surface area contributed by atoms with E-state index in [1.54, 1.807) is 12.1 Å². The highest BCUT2D eigenvalue weighted by Crippen LogP contribution is 2.35. The van der Waals surface area contributed by atoms with Crippen LogP contribution in [0.2, 0.25) is 0 Å². The molecule has 1 aromatic carbocycles. The standard InChI is InChI=1S/C15H15NO6S/c1-8(14(19)22-3)16-13(18)12(23-15(16)20)7-9-4-5-11(21-2)10(17)6-9/h4-8,17H,1-3H3. The van der Waals surface area contributed by atoms with Crippen molar-refractivity contribution in [3.05, 3.63) is 28.7 Å². The Balaban J connectivity index is 2.28. The predicted molar refractivity (Wildman–Crippen MR) is 83.9 cm³/mol. The minimum atomic E-state index is -0.998. The summed E-state index contributed by atoms with van der Waals surface area (Å²) in [5.74, 6) is -1.03. The number of phenolic OH excluding ortho intramolecular Hbond substituents is 1. The van der Waals surface area contributed by atoms with Gasteiger partial charge in [0.2, 0.25) is 0 Å². The summed E-state index contributed by atoms with van der Waals surface area (Å²) in [6.07, 6.45) is 1.47. The second kappa shape index (κ2) is 6.74. The van der Waals surface area contributed by atoms with E-state index >= 15 is 0 Å². The Labute approximate surface area is 136 Å². The molecule has 23 heavy (non-hydrogen) atoms. The maximum atomic E-state index is 12.3. The molecule has 0 aliphatic carbocycles. The van der Waals surface area contributed by atoms with Crippen molar-refractivity contribution < 1.29 is 29.0 Å². The monoisotopic (exact) mass is 337 g/mol. The van der Waals surface area contributed by atoms with Crippen LogP contribution in [-0.2, 0) is 14.3 Å². The van der Waals surface area contributed by atoms with Gasteiger partial charge in [-0.2, -0.15) is 0 Å². The lowest BCUT2D eigenvalue weighted by atomic mass is 10.2. The quantitative estimate of drug-likeness (QED) is 0.663. The van der Waals surface area contributed by atoms with E-state index in [9.17, 15) is 19.5 Å². The largest absolute Gasteiger partial charge is 0.504 e. The second-order valence-corrected chi connectivity index (χ2v) is 5.68. The Kier molecular flexibility index (Phi) is 4.95. The van der Waals surface area contributed by atoms with E-state index in [4.69, 9.17) is 4.74 Å². The zero-order chi connectivity index (χ0) is 17.1. The summed E-state index contributed by atoms with van der Waals surface area (Å²) in [6.45, 7) is 1.42. The van der Waals surface area contributed by atoms with E-state index in [-0.39, 0.29) is 10.7 Å². The third-order valence-corrected chi connectivity index (χ3v) is 4.14. The second-order valence-electron chi connectivity index (χ2n) is 4.68. The molecule has 0 bridgehead atoms. The molecule has 1 aliphatic heterocycles. The number of thioether (sulfide) groups is 1. The van der Waals surface area contributed by atoms with Crippen LogP contribution in [0.15, 0.2) is 23.1 Å². The number of esters is 1. The Morgan fingerprint density at radius 3 is 2.61 bits per heavy atom. The highest BCUT2D eigenvalue weighted by molar-refractivity contribution is 8.18. The molecule has 1 N–H and O–H groups in total. The number of hydrogen-bond acceptors (Lipinski definition) is 7. The molecule has 1 saturated heterocycles. The molecule has 1 aromatic rings. The van der Waals surface area contributed by atoms with Crippen LogP contribution in [0.5, 0.6) is 11.5 Å². The van der Waals surface area contributed by atoms with E-state index in [0.29, 0.717) is 11.3 Å². The number of benzene rings is 1. The Morgan fingerprint density at radius 1 is 1.35 bits per heavy atom. The Hall–Kier alpha value is -2.48. The van der Waals surface area contributed by atoms with Gasteiger partial charge < -0.3 is 14.6 Å². The number of amides is 2. The predicted octanol–water partition coefficient (Wildman–Crippen LogP) is 2.00. The van der Waals surface area contributed by atoms with Gasteiger partial charge in [-0.15, -0.1) is 0 Å². The Morgan fingerprint density at radius 2 is 2.04 bits per heavy atom. The van der Waals surface area contributed by atoms with Crippen molar-refractivity contribution in [1.82, 2.24) is 4.90 Å². The number of rotatable bonds is 4. The lowest BCUT2D eigenvalue weighted by Crippen LogP contribution is -2.42. The molecule has 1 unspecified atom stereocenters. The van der Waals surface area contributed by atoms with Crippen molar-refractivity contribution in [3.63, 3.8) is 0 Å². The molecule has 0 saturated carbocycles. The van der Waals surface area contributed by atoms with Gasteiger partial charge in [-0.3, -0.25) is 14.5 Å². The summed E-state index contributed by atoms with van der Waals surface area (Å²) in [5, 5.41) is 9.20. The van der Waals surface area contributed by atoms with Gasteiger partial charge in [-0.25, -0.2) is 4.79 Å². The number of methoxy groups -OCH3 is 2. The molecule has 0 radical (unpaired) electrons. The maximum Gasteiger partial charge on any atom is 0.328 e. The molecule has 1 aliphatic rings. The maximum absolute atomic E-state index is 12.3. The van der Waals surface area contributed by atoms with Crippen LogP contribution in [0.4, 0.5) is 4.79 Å². The van der Waals surface area contributed by atoms with Gasteiger partial charge in [0, 0.05) is 0 Å². The third kappa shape index (κ3) is 3.31. The number of nitrogens with zero attached hydrogens (tertiary/aromatic N) is 1. The van der Waals surface area contributed by atoms with Gasteiger partial charge in [0.1, 0.15) is 6.04 Å². The first kappa shape index (κ1) is 16.9. The normalized spacial score (nSPS) is 17.5. The van der Waals surface area contributed by atoms with Crippen molar-refractivity contribution >= 4 is 35.0 Å². The lowest BCUT2D eigenvalue weighted by molar-refractivity contribution is -0.148. The molecular weight excluding hydrogens is 322 g/mol. The van der Waals surface area contributed by atoms with Gasteiger partial charge in [0.25, 0.3) is 11.1 Å². The molecule has 0 aromatic heterocycles. The van der Waals surface area contributed by atoms with E-state index in [0.717, 1.165) is 16.7 Å². The van der Waals surface area contributed by atoms with Crippen LogP contribution in [0.1, 0.15) is 12.5 Å². The van der Waals surface area contributed by atoms with Crippen LogP contribution in [-0.4, -0.2) is 47.4 Å². The minimum absolute atomic E-state index is 0.0802. The van der Waals surface area contributed by atoms with E-state index < -0.39 is 23.2 Å². The van der Waals surface area contributed by atoms with Crippen molar-refractivity contribution in [1.29, 1.82) is 0 Å². The molecule has 1 atom stereocenters. The molecule has 0 spiro atoms. The van der Waals surface area contributed by atoms with Crippen LogP contribution in [0.25, 0.3) is 6.08 Å². The first-order valence-corrected chi connectivity index (χ1v) is 7.42. The van der Waals surface area contributed by atoms with Gasteiger partial charge in [-0.05, 0) is 42.5 Å². The van der Waals surface area contributed by atoms with Crippen LogP contribution < -0.4 is 4.74 Å². The van der Waals surface area contributed by atoms with Crippen LogP contribution in [0, 0.1) is 0 Å². The first-order chi connectivity index (χ1) is 10.9. The number of carbonyl (C=O) groups excluding carboxylic acids is 3. The fraction of sp³-hybridized carbons (Fsp3) is 0.267. The number of phenols is 1. The summed E-state index contributed by atoms with van der Waals surface area (Å²) in [6, 6.07) is 3.60. The third-order valence-electron chi connectivity index (χ3n) is 3.25. The average molecular weight is 337 g/mol.